The molecule has 0 unspecified atom stereocenters. The van der Waals surface area contributed by atoms with E-state index in [1.807, 2.05) is 60.7 Å². The van der Waals surface area contributed by atoms with E-state index >= 15 is 0 Å². The average Bonchev–Trinajstić information content (AvgIpc) is 3.92. The Labute approximate surface area is 311 Å². The van der Waals surface area contributed by atoms with Crippen molar-refractivity contribution >= 4 is 53.4 Å². The monoisotopic (exact) mass is 671 g/mol. The third-order valence-corrected chi connectivity index (χ3v) is 9.38. The first-order valence-electron chi connectivity index (χ1n) is 22.5. The van der Waals surface area contributed by atoms with Crippen molar-refractivity contribution in [1.29, 1.82) is 0 Å². The standard InChI is InChI=1S/C45H27N3OS/c1-2-10-28(11-3-1)31-12-8-13-32(26-31)29-20-22-30(23-21-29)43-46-44(33-24-25-39-37(27-33)34-14-4-6-17-38(34)49-39)48-45(47-43)36-16-9-19-41-42(36)35-15-5-7-18-40(35)50-41/h1-27H/i4D,5D,6D,7D,9D,14D,15D,16D,17D,18D,19D,24D,25D,27D. The topological polar surface area (TPSA) is 51.8 Å². The van der Waals surface area contributed by atoms with Gasteiger partial charge < -0.3 is 4.42 Å². The van der Waals surface area contributed by atoms with Crippen LogP contribution in [0.3, 0.4) is 0 Å². The molecule has 50 heavy (non-hydrogen) atoms. The number of furan rings is 1. The summed E-state index contributed by atoms with van der Waals surface area (Å²) in [6.07, 6.45) is 0. The average molecular weight is 672 g/mol. The van der Waals surface area contributed by atoms with Crippen LogP contribution in [-0.2, 0) is 0 Å². The number of thiophene rings is 1. The Balaban J connectivity index is 1.27. The number of hydrogen-bond donors (Lipinski definition) is 0. The minimum atomic E-state index is -0.598. The number of fused-ring (bicyclic) bond motifs is 6. The number of rotatable bonds is 5. The van der Waals surface area contributed by atoms with Gasteiger partial charge in [-0.2, -0.15) is 0 Å². The van der Waals surface area contributed by atoms with Crippen molar-refractivity contribution in [2.45, 2.75) is 0 Å². The molecular weight excluding hydrogens is 631 g/mol. The summed E-state index contributed by atoms with van der Waals surface area (Å²) in [6, 6.07) is 17.9. The fraction of sp³-hybridized carbons (Fsp3) is 0. The van der Waals surface area contributed by atoms with Crippen molar-refractivity contribution in [3.63, 3.8) is 0 Å². The summed E-state index contributed by atoms with van der Waals surface area (Å²) in [6.45, 7) is 0. The Morgan fingerprint density at radius 1 is 0.460 bits per heavy atom. The van der Waals surface area contributed by atoms with Gasteiger partial charge in [0, 0.05) is 47.6 Å². The minimum Gasteiger partial charge on any atom is -0.456 e. The smallest absolute Gasteiger partial charge is 0.164 e. The summed E-state index contributed by atoms with van der Waals surface area (Å²) in [5, 5.41) is -0.342. The first kappa shape index (κ1) is 17.8. The molecule has 0 fully saturated rings. The summed E-state index contributed by atoms with van der Waals surface area (Å²) in [7, 11) is 0. The van der Waals surface area contributed by atoms with E-state index < -0.39 is 72.5 Å². The SMILES string of the molecule is [2H]c1c([2H])c([2H])c2c(oc3c([2H])c([2H])c(-c4nc(-c5ccc(-c6cccc(-c7ccccc7)c6)cc5)nc(-c5c([2H])c([2H])c([2H])c6sc7c([2H])c([2H])c([2H])c([2H])c7c56)n4)c([2H])c32)c1[2H]. The van der Waals surface area contributed by atoms with E-state index in [0.29, 0.717) is 5.56 Å². The quantitative estimate of drug-likeness (QED) is 0.183. The number of benzene rings is 7. The number of hydrogen-bond acceptors (Lipinski definition) is 5. The molecule has 0 amide bonds. The van der Waals surface area contributed by atoms with Crippen LogP contribution in [-0.4, -0.2) is 15.0 Å². The lowest BCUT2D eigenvalue weighted by Gasteiger charge is -2.11. The van der Waals surface area contributed by atoms with Gasteiger partial charge in [0.15, 0.2) is 17.5 Å². The van der Waals surface area contributed by atoms with E-state index in [4.69, 9.17) is 29.5 Å². The van der Waals surface area contributed by atoms with Crippen LogP contribution in [0, 0.1) is 0 Å². The maximum atomic E-state index is 9.48. The van der Waals surface area contributed by atoms with Gasteiger partial charge in [0.05, 0.1) is 19.2 Å². The van der Waals surface area contributed by atoms with Gasteiger partial charge in [-0.1, -0.05) is 121 Å². The molecule has 0 saturated heterocycles. The first-order valence-corrected chi connectivity index (χ1v) is 16.3. The predicted octanol–water partition coefficient (Wildman–Crippen LogP) is 12.5. The third-order valence-electron chi connectivity index (χ3n) is 8.36. The molecule has 0 aliphatic heterocycles. The van der Waals surface area contributed by atoms with E-state index in [0.717, 1.165) is 33.6 Å². The lowest BCUT2D eigenvalue weighted by molar-refractivity contribution is 0.669. The van der Waals surface area contributed by atoms with Crippen LogP contribution in [0.1, 0.15) is 19.2 Å². The van der Waals surface area contributed by atoms with Crippen molar-refractivity contribution in [1.82, 2.24) is 15.0 Å². The molecule has 10 rings (SSSR count). The summed E-state index contributed by atoms with van der Waals surface area (Å²) in [4.78, 5) is 14.2. The zero-order chi connectivity index (χ0) is 45.2. The lowest BCUT2D eigenvalue weighted by atomic mass is 9.98. The molecule has 10 aromatic rings. The summed E-state index contributed by atoms with van der Waals surface area (Å²) >= 11 is 0.869. The van der Waals surface area contributed by atoms with Crippen LogP contribution in [0.5, 0.6) is 0 Å². The zero-order valence-corrected chi connectivity index (χ0v) is 26.5. The van der Waals surface area contributed by atoms with Crippen LogP contribution < -0.4 is 0 Å². The molecule has 0 aliphatic carbocycles. The molecular formula is C45H27N3OS. The largest absolute Gasteiger partial charge is 0.456 e. The lowest BCUT2D eigenvalue weighted by Crippen LogP contribution is -2.00. The molecule has 0 radical (unpaired) electrons. The second-order valence-corrected chi connectivity index (χ2v) is 12.4. The molecule has 0 saturated carbocycles. The minimum absolute atomic E-state index is 0.00942. The van der Waals surface area contributed by atoms with E-state index in [9.17, 15) is 4.11 Å². The molecule has 3 aromatic heterocycles. The second kappa shape index (κ2) is 11.6. The molecule has 0 bridgehead atoms. The number of nitrogens with zero attached hydrogens (tertiary/aromatic N) is 3. The fourth-order valence-corrected chi connectivity index (χ4v) is 6.96. The summed E-state index contributed by atoms with van der Waals surface area (Å²) in [5.74, 6) is -0.681. The van der Waals surface area contributed by atoms with Gasteiger partial charge in [0.1, 0.15) is 11.2 Å². The van der Waals surface area contributed by atoms with Crippen LogP contribution in [0.2, 0.25) is 0 Å². The van der Waals surface area contributed by atoms with Crippen molar-refractivity contribution in [3.8, 4) is 56.4 Å². The Morgan fingerprint density at radius 2 is 1.10 bits per heavy atom. The van der Waals surface area contributed by atoms with Gasteiger partial charge >= 0.3 is 0 Å². The second-order valence-electron chi connectivity index (χ2n) is 11.4. The Kier molecular flexibility index (Phi) is 4.14. The van der Waals surface area contributed by atoms with Crippen molar-refractivity contribution in [2.75, 3.05) is 0 Å². The van der Waals surface area contributed by atoms with Crippen molar-refractivity contribution in [3.05, 3.63) is 163 Å². The third kappa shape index (κ3) is 4.87. The van der Waals surface area contributed by atoms with Gasteiger partial charge in [0.25, 0.3) is 0 Å². The molecule has 0 spiro atoms. The summed E-state index contributed by atoms with van der Waals surface area (Å²) in [5.41, 5.74) is 3.08. The molecule has 234 valence electrons. The molecule has 0 N–H and O–H groups in total. The highest BCUT2D eigenvalue weighted by atomic mass is 32.1. The van der Waals surface area contributed by atoms with Gasteiger partial charge in [-0.05, 0) is 64.6 Å². The van der Waals surface area contributed by atoms with Crippen LogP contribution in [0.15, 0.2) is 168 Å². The van der Waals surface area contributed by atoms with Gasteiger partial charge in [-0.3, -0.25) is 0 Å². The molecule has 0 atom stereocenters. The van der Waals surface area contributed by atoms with Crippen molar-refractivity contribution in [2.24, 2.45) is 0 Å². The highest BCUT2D eigenvalue weighted by Crippen LogP contribution is 2.40. The Morgan fingerprint density at radius 3 is 1.94 bits per heavy atom. The maximum absolute atomic E-state index is 9.48. The van der Waals surface area contributed by atoms with E-state index in [1.165, 1.54) is 0 Å². The summed E-state index contributed by atoms with van der Waals surface area (Å²) < 4.78 is 129. The zero-order valence-electron chi connectivity index (χ0n) is 39.7. The predicted molar refractivity (Wildman–Crippen MR) is 207 cm³/mol. The van der Waals surface area contributed by atoms with Gasteiger partial charge in [0.2, 0.25) is 0 Å². The molecule has 0 aliphatic rings. The highest BCUT2D eigenvalue weighted by Gasteiger charge is 2.18. The Bertz CT molecular complexity index is 3670. The molecule has 5 heteroatoms. The van der Waals surface area contributed by atoms with Gasteiger partial charge in [-0.25, -0.2) is 15.0 Å². The van der Waals surface area contributed by atoms with Crippen LogP contribution >= 0.6 is 11.3 Å². The maximum Gasteiger partial charge on any atom is 0.164 e. The van der Waals surface area contributed by atoms with Crippen molar-refractivity contribution < 1.29 is 23.6 Å². The van der Waals surface area contributed by atoms with E-state index in [2.05, 4.69) is 11.1 Å². The molecule has 3 heterocycles. The first-order chi connectivity index (χ1) is 30.6. The van der Waals surface area contributed by atoms with Crippen LogP contribution in [0.4, 0.5) is 0 Å². The van der Waals surface area contributed by atoms with Gasteiger partial charge in [-0.15, -0.1) is 11.3 Å². The Hall–Kier alpha value is -6.43. The van der Waals surface area contributed by atoms with E-state index in [1.54, 1.807) is 12.1 Å². The fourth-order valence-electron chi connectivity index (χ4n) is 5.99. The van der Waals surface area contributed by atoms with E-state index in [-0.39, 0.29) is 82.8 Å². The highest BCUT2D eigenvalue weighted by molar-refractivity contribution is 7.25. The number of aromatic nitrogens is 3. The van der Waals surface area contributed by atoms with Crippen LogP contribution in [0.25, 0.3) is 98.5 Å². The number of para-hydroxylation sites is 1. The molecule has 7 aromatic carbocycles. The normalized spacial score (nSPS) is 15.5. The molecule has 4 nitrogen and oxygen atoms in total.